The second kappa shape index (κ2) is 5.26. The van der Waals surface area contributed by atoms with Gasteiger partial charge in [0.25, 0.3) is 0 Å². The van der Waals surface area contributed by atoms with Crippen molar-refractivity contribution in [2.75, 3.05) is 0 Å². The predicted molar refractivity (Wildman–Crippen MR) is 79.7 cm³/mol. The maximum Gasteiger partial charge on any atom is 0.0513 e. The summed E-state index contributed by atoms with van der Waals surface area (Å²) in [5.74, 6) is 6.67. The number of hydrogen-bond acceptors (Lipinski definition) is 2. The molecular weight excluding hydrogens is 232 g/mol. The molecule has 2 saturated carbocycles. The standard InChI is InChI=1S/C17H26N2/c1-17(11-2-3-12-17)16(19-18)15-9-7-14(8-10-15)13-5-4-6-13/h7-10,13,16,19H,2-6,11-12,18H2,1H3. The Hall–Kier alpha value is -0.860. The Morgan fingerprint density at radius 2 is 1.74 bits per heavy atom. The molecule has 1 unspecified atom stereocenters. The lowest BCUT2D eigenvalue weighted by molar-refractivity contribution is 0.225. The summed E-state index contributed by atoms with van der Waals surface area (Å²) in [4.78, 5) is 0. The van der Waals surface area contributed by atoms with E-state index < -0.39 is 0 Å². The lowest BCUT2D eigenvalue weighted by atomic mass is 9.76. The Morgan fingerprint density at radius 3 is 2.21 bits per heavy atom. The number of benzene rings is 1. The summed E-state index contributed by atoms with van der Waals surface area (Å²) in [6, 6.07) is 9.53. The van der Waals surface area contributed by atoms with E-state index in [2.05, 4.69) is 36.6 Å². The van der Waals surface area contributed by atoms with Gasteiger partial charge in [-0.15, -0.1) is 0 Å². The molecule has 19 heavy (non-hydrogen) atoms. The highest BCUT2D eigenvalue weighted by Gasteiger charge is 2.37. The molecule has 3 N–H and O–H groups in total. The number of hydrazine groups is 1. The van der Waals surface area contributed by atoms with Gasteiger partial charge in [0.05, 0.1) is 6.04 Å². The van der Waals surface area contributed by atoms with Crippen LogP contribution >= 0.6 is 0 Å². The summed E-state index contributed by atoms with van der Waals surface area (Å²) >= 11 is 0. The minimum atomic E-state index is 0.297. The van der Waals surface area contributed by atoms with Crippen molar-refractivity contribution in [2.45, 2.75) is 63.8 Å². The van der Waals surface area contributed by atoms with Gasteiger partial charge in [-0.05, 0) is 48.1 Å². The van der Waals surface area contributed by atoms with Gasteiger partial charge in [-0.3, -0.25) is 11.3 Å². The van der Waals surface area contributed by atoms with Crippen LogP contribution in [0.25, 0.3) is 0 Å². The molecule has 0 aliphatic heterocycles. The van der Waals surface area contributed by atoms with Gasteiger partial charge in [0, 0.05) is 0 Å². The summed E-state index contributed by atoms with van der Waals surface area (Å²) in [6.45, 7) is 2.38. The van der Waals surface area contributed by atoms with Crippen molar-refractivity contribution >= 4 is 0 Å². The second-order valence-corrected chi connectivity index (χ2v) is 6.76. The maximum absolute atomic E-state index is 5.86. The molecule has 0 radical (unpaired) electrons. The third-order valence-electron chi connectivity index (χ3n) is 5.46. The zero-order valence-electron chi connectivity index (χ0n) is 12.0. The van der Waals surface area contributed by atoms with Crippen LogP contribution in [0.2, 0.25) is 0 Å². The van der Waals surface area contributed by atoms with E-state index in [1.165, 1.54) is 56.1 Å². The predicted octanol–water partition coefficient (Wildman–Crippen LogP) is 4.04. The Kier molecular flexibility index (Phi) is 3.64. The van der Waals surface area contributed by atoms with Gasteiger partial charge in [0.1, 0.15) is 0 Å². The van der Waals surface area contributed by atoms with Gasteiger partial charge in [-0.2, -0.15) is 0 Å². The largest absolute Gasteiger partial charge is 0.271 e. The highest BCUT2D eigenvalue weighted by molar-refractivity contribution is 5.29. The van der Waals surface area contributed by atoms with Crippen LogP contribution < -0.4 is 11.3 Å². The van der Waals surface area contributed by atoms with Crippen molar-refractivity contribution in [2.24, 2.45) is 11.3 Å². The van der Waals surface area contributed by atoms with Gasteiger partial charge in [-0.1, -0.05) is 50.5 Å². The molecule has 0 saturated heterocycles. The molecule has 3 rings (SSSR count). The Morgan fingerprint density at radius 1 is 1.11 bits per heavy atom. The van der Waals surface area contributed by atoms with Crippen molar-refractivity contribution in [1.29, 1.82) is 0 Å². The summed E-state index contributed by atoms with van der Waals surface area (Å²) in [5, 5.41) is 0. The van der Waals surface area contributed by atoms with Gasteiger partial charge in [0.15, 0.2) is 0 Å². The number of nitrogens with two attached hydrogens (primary N) is 1. The molecule has 2 nitrogen and oxygen atoms in total. The van der Waals surface area contributed by atoms with Gasteiger partial charge in [-0.25, -0.2) is 0 Å². The first-order chi connectivity index (χ1) is 9.23. The first kappa shape index (κ1) is 13.1. The summed E-state index contributed by atoms with van der Waals surface area (Å²) < 4.78 is 0. The van der Waals surface area contributed by atoms with E-state index in [4.69, 9.17) is 5.84 Å². The van der Waals surface area contributed by atoms with Crippen LogP contribution in [-0.4, -0.2) is 0 Å². The molecule has 1 aromatic carbocycles. The minimum absolute atomic E-state index is 0.297. The molecule has 0 spiro atoms. The zero-order valence-corrected chi connectivity index (χ0v) is 12.0. The minimum Gasteiger partial charge on any atom is -0.271 e. The molecule has 2 aliphatic rings. The average Bonchev–Trinajstić information content (AvgIpc) is 2.78. The molecule has 2 aliphatic carbocycles. The molecule has 0 bridgehead atoms. The highest BCUT2D eigenvalue weighted by atomic mass is 15.2. The first-order valence-electron chi connectivity index (χ1n) is 7.79. The topological polar surface area (TPSA) is 38.0 Å². The number of hydrogen-bond donors (Lipinski definition) is 2. The fourth-order valence-corrected chi connectivity index (χ4v) is 3.87. The smallest absolute Gasteiger partial charge is 0.0513 e. The van der Waals surface area contributed by atoms with Crippen LogP contribution in [0.15, 0.2) is 24.3 Å². The summed E-state index contributed by atoms with van der Waals surface area (Å²) in [7, 11) is 0. The van der Waals surface area contributed by atoms with E-state index in [0.717, 1.165) is 5.92 Å². The van der Waals surface area contributed by atoms with E-state index >= 15 is 0 Å². The third-order valence-corrected chi connectivity index (χ3v) is 5.46. The van der Waals surface area contributed by atoms with Crippen molar-refractivity contribution < 1.29 is 0 Å². The SMILES string of the molecule is CC1(C(NN)c2ccc(C3CCC3)cc2)CCCC1. The van der Waals surface area contributed by atoms with Crippen molar-refractivity contribution in [3.8, 4) is 0 Å². The maximum atomic E-state index is 5.86. The van der Waals surface area contributed by atoms with Crippen molar-refractivity contribution in [3.05, 3.63) is 35.4 Å². The first-order valence-corrected chi connectivity index (χ1v) is 7.79. The van der Waals surface area contributed by atoms with Gasteiger partial charge in [0.2, 0.25) is 0 Å². The average molecular weight is 258 g/mol. The van der Waals surface area contributed by atoms with E-state index in [1.54, 1.807) is 0 Å². The Bertz CT molecular complexity index is 413. The quantitative estimate of drug-likeness (QED) is 0.632. The summed E-state index contributed by atoms with van der Waals surface area (Å²) in [5.41, 5.74) is 6.28. The van der Waals surface area contributed by atoms with Crippen LogP contribution in [0.1, 0.15) is 75.0 Å². The lowest BCUT2D eigenvalue weighted by Crippen LogP contribution is -2.38. The molecule has 1 atom stereocenters. The van der Waals surface area contributed by atoms with Crippen LogP contribution in [-0.2, 0) is 0 Å². The molecule has 2 heteroatoms. The fourth-order valence-electron chi connectivity index (χ4n) is 3.87. The van der Waals surface area contributed by atoms with Gasteiger partial charge < -0.3 is 0 Å². The van der Waals surface area contributed by atoms with E-state index in [9.17, 15) is 0 Å². The van der Waals surface area contributed by atoms with Crippen LogP contribution in [0.4, 0.5) is 0 Å². The molecule has 0 heterocycles. The summed E-state index contributed by atoms with van der Waals surface area (Å²) in [6.07, 6.45) is 9.39. The monoisotopic (exact) mass is 258 g/mol. The number of nitrogens with one attached hydrogen (secondary N) is 1. The van der Waals surface area contributed by atoms with Crippen LogP contribution in [0.3, 0.4) is 0 Å². The molecule has 0 aromatic heterocycles. The molecule has 1 aromatic rings. The number of rotatable bonds is 4. The van der Waals surface area contributed by atoms with E-state index in [1.807, 2.05) is 0 Å². The highest BCUT2D eigenvalue weighted by Crippen LogP contribution is 2.47. The van der Waals surface area contributed by atoms with Crippen molar-refractivity contribution in [1.82, 2.24) is 5.43 Å². The Balaban J connectivity index is 1.79. The van der Waals surface area contributed by atoms with E-state index in [-0.39, 0.29) is 0 Å². The molecule has 2 fully saturated rings. The van der Waals surface area contributed by atoms with Crippen LogP contribution in [0.5, 0.6) is 0 Å². The fraction of sp³-hybridized carbons (Fsp3) is 0.647. The molecule has 0 amide bonds. The van der Waals surface area contributed by atoms with Crippen LogP contribution in [0, 0.1) is 5.41 Å². The molecule has 104 valence electrons. The normalized spacial score (nSPS) is 24.1. The van der Waals surface area contributed by atoms with E-state index in [0.29, 0.717) is 11.5 Å². The third kappa shape index (κ3) is 2.44. The molecular formula is C17H26N2. The lowest BCUT2D eigenvalue weighted by Gasteiger charge is -2.34. The van der Waals surface area contributed by atoms with Gasteiger partial charge >= 0.3 is 0 Å². The Labute approximate surface area is 116 Å². The zero-order chi connectivity index (χ0) is 13.3. The van der Waals surface area contributed by atoms with Crippen molar-refractivity contribution in [3.63, 3.8) is 0 Å². The second-order valence-electron chi connectivity index (χ2n) is 6.76.